The first-order chi connectivity index (χ1) is 7.81. The van der Waals surface area contributed by atoms with Crippen molar-refractivity contribution in [3.05, 3.63) is 5.82 Å². The molecule has 90 valence electrons. The number of nitrogens with zero attached hydrogens (tertiary/aromatic N) is 4. The van der Waals surface area contributed by atoms with E-state index in [0.29, 0.717) is 6.61 Å². The van der Waals surface area contributed by atoms with Crippen molar-refractivity contribution in [3.63, 3.8) is 0 Å². The van der Waals surface area contributed by atoms with Crippen LogP contribution in [-0.2, 0) is 11.3 Å². The molecule has 1 atom stereocenters. The number of ether oxygens (including phenoxy) is 1. The summed E-state index contributed by atoms with van der Waals surface area (Å²) in [5, 5.41) is 14.8. The fourth-order valence-corrected chi connectivity index (χ4v) is 1.50. The zero-order valence-corrected chi connectivity index (χ0v) is 9.89. The van der Waals surface area contributed by atoms with Crippen LogP contribution in [0.25, 0.3) is 0 Å². The van der Waals surface area contributed by atoms with Crippen LogP contribution in [0, 0.1) is 5.92 Å². The van der Waals surface area contributed by atoms with Crippen LogP contribution in [0.5, 0.6) is 0 Å². The van der Waals surface area contributed by atoms with Crippen molar-refractivity contribution < 1.29 is 4.74 Å². The molecule has 1 aromatic rings. The Balaban J connectivity index is 1.76. The van der Waals surface area contributed by atoms with E-state index in [-0.39, 0.29) is 6.04 Å². The number of hydrogen-bond donors (Lipinski definition) is 1. The summed E-state index contributed by atoms with van der Waals surface area (Å²) in [6.07, 6.45) is 2.65. The molecule has 1 aromatic heterocycles. The van der Waals surface area contributed by atoms with Crippen LogP contribution in [0.1, 0.15) is 31.6 Å². The Morgan fingerprint density at radius 2 is 2.38 bits per heavy atom. The van der Waals surface area contributed by atoms with E-state index >= 15 is 0 Å². The van der Waals surface area contributed by atoms with Gasteiger partial charge < -0.3 is 10.1 Å². The van der Waals surface area contributed by atoms with E-state index in [0.717, 1.165) is 24.9 Å². The lowest BCUT2D eigenvalue weighted by Gasteiger charge is -2.10. The van der Waals surface area contributed by atoms with Crippen molar-refractivity contribution in [2.75, 3.05) is 20.3 Å². The number of tetrazole rings is 1. The lowest BCUT2D eigenvalue weighted by atomic mass is 10.3. The van der Waals surface area contributed by atoms with Gasteiger partial charge in [0.2, 0.25) is 0 Å². The van der Waals surface area contributed by atoms with Crippen LogP contribution in [0.3, 0.4) is 0 Å². The van der Waals surface area contributed by atoms with E-state index in [2.05, 4.69) is 20.8 Å². The van der Waals surface area contributed by atoms with E-state index < -0.39 is 0 Å². The van der Waals surface area contributed by atoms with Crippen molar-refractivity contribution in [1.82, 2.24) is 25.5 Å². The highest BCUT2D eigenvalue weighted by Crippen LogP contribution is 2.28. The molecule has 16 heavy (non-hydrogen) atoms. The van der Waals surface area contributed by atoms with Gasteiger partial charge in [0.05, 0.1) is 19.2 Å². The van der Waals surface area contributed by atoms with Gasteiger partial charge in [-0.1, -0.05) is 0 Å². The van der Waals surface area contributed by atoms with Gasteiger partial charge in [-0.15, -0.1) is 5.10 Å². The van der Waals surface area contributed by atoms with E-state index in [1.807, 2.05) is 14.0 Å². The van der Waals surface area contributed by atoms with Crippen LogP contribution < -0.4 is 5.32 Å². The van der Waals surface area contributed by atoms with E-state index in [9.17, 15) is 0 Å². The Bertz CT molecular complexity index is 323. The zero-order chi connectivity index (χ0) is 11.4. The van der Waals surface area contributed by atoms with Gasteiger partial charge in [-0.3, -0.25) is 0 Å². The number of rotatable bonds is 7. The highest BCUT2D eigenvalue weighted by Gasteiger charge is 2.21. The molecular formula is C10H19N5O. The van der Waals surface area contributed by atoms with E-state index in [4.69, 9.17) is 4.74 Å². The van der Waals surface area contributed by atoms with Gasteiger partial charge in [-0.05, 0) is 43.2 Å². The molecule has 0 aliphatic heterocycles. The maximum atomic E-state index is 5.56. The summed E-state index contributed by atoms with van der Waals surface area (Å²) >= 11 is 0. The van der Waals surface area contributed by atoms with Crippen LogP contribution in [0.4, 0.5) is 0 Å². The Hall–Kier alpha value is -1.01. The minimum atomic E-state index is 0.165. The maximum absolute atomic E-state index is 5.56. The molecule has 1 N–H and O–H groups in total. The van der Waals surface area contributed by atoms with Crippen molar-refractivity contribution >= 4 is 0 Å². The van der Waals surface area contributed by atoms with Crippen LogP contribution in [0.2, 0.25) is 0 Å². The molecule has 0 aromatic carbocycles. The number of aromatic nitrogens is 4. The fraction of sp³-hybridized carbons (Fsp3) is 0.900. The second-order valence-electron chi connectivity index (χ2n) is 4.29. The van der Waals surface area contributed by atoms with Crippen molar-refractivity contribution in [1.29, 1.82) is 0 Å². The number of hydrogen-bond acceptors (Lipinski definition) is 5. The summed E-state index contributed by atoms with van der Waals surface area (Å²) in [7, 11) is 1.90. The molecule has 1 unspecified atom stereocenters. The molecule has 0 spiro atoms. The van der Waals surface area contributed by atoms with Crippen molar-refractivity contribution in [2.45, 2.75) is 32.4 Å². The first-order valence-corrected chi connectivity index (χ1v) is 5.82. The maximum Gasteiger partial charge on any atom is 0.168 e. The van der Waals surface area contributed by atoms with Gasteiger partial charge in [0, 0.05) is 6.61 Å². The topological polar surface area (TPSA) is 64.9 Å². The molecule has 1 heterocycles. The molecule has 1 aliphatic carbocycles. The van der Waals surface area contributed by atoms with Crippen LogP contribution in [-0.4, -0.2) is 40.5 Å². The lowest BCUT2D eigenvalue weighted by Crippen LogP contribution is -2.20. The highest BCUT2D eigenvalue weighted by atomic mass is 16.5. The molecule has 0 bridgehead atoms. The molecule has 1 fully saturated rings. The SMILES string of the molecule is CNC(C)c1nnnn1CCOCC1CC1. The van der Waals surface area contributed by atoms with Crippen LogP contribution in [0.15, 0.2) is 0 Å². The smallest absolute Gasteiger partial charge is 0.168 e. The molecule has 6 heteroatoms. The molecule has 1 saturated carbocycles. The molecule has 0 saturated heterocycles. The molecule has 0 amide bonds. The second-order valence-corrected chi connectivity index (χ2v) is 4.29. The summed E-state index contributed by atoms with van der Waals surface area (Å²) in [5.41, 5.74) is 0. The van der Waals surface area contributed by atoms with Crippen molar-refractivity contribution in [3.8, 4) is 0 Å². The first-order valence-electron chi connectivity index (χ1n) is 5.82. The third-order valence-electron chi connectivity index (χ3n) is 2.88. The third kappa shape index (κ3) is 2.99. The predicted molar refractivity (Wildman–Crippen MR) is 58.8 cm³/mol. The fourth-order valence-electron chi connectivity index (χ4n) is 1.50. The molecule has 0 radical (unpaired) electrons. The predicted octanol–water partition coefficient (Wildman–Crippen LogP) is 0.380. The number of nitrogens with one attached hydrogen (secondary N) is 1. The average Bonchev–Trinajstić information content (AvgIpc) is 3.01. The summed E-state index contributed by atoms with van der Waals surface area (Å²) in [5.74, 6) is 1.67. The van der Waals surface area contributed by atoms with Gasteiger partial charge in [0.1, 0.15) is 0 Å². The van der Waals surface area contributed by atoms with Gasteiger partial charge in [0.25, 0.3) is 0 Å². The summed E-state index contributed by atoms with van der Waals surface area (Å²) in [6, 6.07) is 0.165. The Kier molecular flexibility index (Phi) is 3.84. The van der Waals surface area contributed by atoms with Gasteiger partial charge >= 0.3 is 0 Å². The monoisotopic (exact) mass is 225 g/mol. The molecule has 1 aliphatic rings. The Labute approximate surface area is 95.4 Å². The average molecular weight is 225 g/mol. The molecule has 2 rings (SSSR count). The first kappa shape index (κ1) is 11.5. The van der Waals surface area contributed by atoms with Gasteiger partial charge in [-0.2, -0.15) is 0 Å². The minimum Gasteiger partial charge on any atom is -0.379 e. The largest absolute Gasteiger partial charge is 0.379 e. The summed E-state index contributed by atoms with van der Waals surface area (Å²) in [6.45, 7) is 4.33. The van der Waals surface area contributed by atoms with E-state index in [1.54, 1.807) is 4.68 Å². The summed E-state index contributed by atoms with van der Waals surface area (Å²) in [4.78, 5) is 0. The quantitative estimate of drug-likeness (QED) is 0.680. The molecule has 6 nitrogen and oxygen atoms in total. The Morgan fingerprint density at radius 3 is 3.06 bits per heavy atom. The highest BCUT2D eigenvalue weighted by molar-refractivity contribution is 4.88. The van der Waals surface area contributed by atoms with Gasteiger partial charge in [-0.25, -0.2) is 4.68 Å². The van der Waals surface area contributed by atoms with Crippen LogP contribution >= 0.6 is 0 Å². The minimum absolute atomic E-state index is 0.165. The Morgan fingerprint density at radius 1 is 1.56 bits per heavy atom. The second kappa shape index (κ2) is 5.36. The zero-order valence-electron chi connectivity index (χ0n) is 9.89. The van der Waals surface area contributed by atoms with E-state index in [1.165, 1.54) is 12.8 Å². The standard InChI is InChI=1S/C10H19N5O/c1-8(11-2)10-12-13-14-15(10)5-6-16-7-9-3-4-9/h8-9,11H,3-7H2,1-2H3. The normalized spacial score (nSPS) is 17.6. The lowest BCUT2D eigenvalue weighted by molar-refractivity contribution is 0.113. The third-order valence-corrected chi connectivity index (χ3v) is 2.88. The molecular weight excluding hydrogens is 206 g/mol. The van der Waals surface area contributed by atoms with Crippen molar-refractivity contribution in [2.24, 2.45) is 5.92 Å². The van der Waals surface area contributed by atoms with Gasteiger partial charge in [0.15, 0.2) is 5.82 Å². The summed E-state index contributed by atoms with van der Waals surface area (Å²) < 4.78 is 7.36.